The van der Waals surface area contributed by atoms with Gasteiger partial charge in [-0.2, -0.15) is 5.26 Å². The summed E-state index contributed by atoms with van der Waals surface area (Å²) in [6, 6.07) is 13.7. The number of benzene rings is 1. The summed E-state index contributed by atoms with van der Waals surface area (Å²) in [6.45, 7) is 2.09. The number of rotatable bonds is 5. The van der Waals surface area contributed by atoms with Gasteiger partial charge in [-0.25, -0.2) is 4.98 Å². The van der Waals surface area contributed by atoms with Crippen molar-refractivity contribution < 1.29 is 4.74 Å². The second kappa shape index (κ2) is 6.58. The lowest BCUT2D eigenvalue weighted by Crippen LogP contribution is -2.11. The van der Waals surface area contributed by atoms with Gasteiger partial charge < -0.3 is 10.1 Å². The number of hydrogen-bond acceptors (Lipinski definition) is 4. The molecule has 0 spiro atoms. The van der Waals surface area contributed by atoms with E-state index in [1.54, 1.807) is 25.4 Å². The molecule has 0 fully saturated rings. The number of anilines is 1. The van der Waals surface area contributed by atoms with Crippen LogP contribution in [-0.4, -0.2) is 12.1 Å². The van der Waals surface area contributed by atoms with E-state index in [4.69, 9.17) is 10.00 Å². The third-order valence-corrected chi connectivity index (χ3v) is 3.17. The molecule has 1 aromatic carbocycles. The quantitative estimate of drug-likeness (QED) is 0.900. The minimum absolute atomic E-state index is 0.114. The van der Waals surface area contributed by atoms with Crippen LogP contribution in [0.1, 0.15) is 30.5 Å². The molecule has 1 N–H and O–H groups in total. The van der Waals surface area contributed by atoms with E-state index in [-0.39, 0.29) is 6.04 Å². The first-order valence-corrected chi connectivity index (χ1v) is 6.54. The van der Waals surface area contributed by atoms with Crippen LogP contribution in [0.4, 0.5) is 5.82 Å². The van der Waals surface area contributed by atoms with Gasteiger partial charge in [-0.05, 0) is 36.2 Å². The van der Waals surface area contributed by atoms with E-state index >= 15 is 0 Å². The highest BCUT2D eigenvalue weighted by atomic mass is 16.5. The van der Waals surface area contributed by atoms with Gasteiger partial charge in [0.25, 0.3) is 0 Å². The van der Waals surface area contributed by atoms with E-state index < -0.39 is 0 Å². The molecule has 4 heteroatoms. The molecule has 102 valence electrons. The highest BCUT2D eigenvalue weighted by Gasteiger charge is 2.12. The minimum atomic E-state index is 0.114. The molecule has 0 saturated heterocycles. The van der Waals surface area contributed by atoms with E-state index in [1.165, 1.54) is 0 Å². The van der Waals surface area contributed by atoms with Crippen LogP contribution in [0.2, 0.25) is 0 Å². The molecule has 0 amide bonds. The number of hydrogen-bond donors (Lipinski definition) is 1. The molecule has 2 aromatic rings. The average molecular weight is 267 g/mol. The van der Waals surface area contributed by atoms with Crippen LogP contribution in [-0.2, 0) is 0 Å². The number of pyridine rings is 1. The van der Waals surface area contributed by atoms with Gasteiger partial charge in [-0.1, -0.05) is 19.1 Å². The minimum Gasteiger partial charge on any atom is -0.497 e. The smallest absolute Gasteiger partial charge is 0.144 e. The van der Waals surface area contributed by atoms with Crippen molar-refractivity contribution in [2.75, 3.05) is 12.4 Å². The summed E-state index contributed by atoms with van der Waals surface area (Å²) < 4.78 is 5.16. The predicted molar refractivity (Wildman–Crippen MR) is 78.6 cm³/mol. The number of nitrogens with one attached hydrogen (secondary N) is 1. The van der Waals surface area contributed by atoms with Crippen LogP contribution in [0.25, 0.3) is 0 Å². The first-order chi connectivity index (χ1) is 9.78. The molecular formula is C16H17N3O. The molecule has 0 unspecified atom stereocenters. The Hall–Kier alpha value is -2.54. The summed E-state index contributed by atoms with van der Waals surface area (Å²) in [5.41, 5.74) is 1.70. The summed E-state index contributed by atoms with van der Waals surface area (Å²) in [5.74, 6) is 1.46. The molecular weight excluding hydrogens is 250 g/mol. The zero-order chi connectivity index (χ0) is 14.4. The number of ether oxygens (including phenoxy) is 1. The van der Waals surface area contributed by atoms with Gasteiger partial charge in [0.1, 0.15) is 17.6 Å². The summed E-state index contributed by atoms with van der Waals surface area (Å²) in [7, 11) is 1.65. The number of nitriles is 1. The largest absolute Gasteiger partial charge is 0.497 e. The zero-order valence-electron chi connectivity index (χ0n) is 11.6. The van der Waals surface area contributed by atoms with Gasteiger partial charge in [-0.3, -0.25) is 0 Å². The van der Waals surface area contributed by atoms with Gasteiger partial charge in [0.2, 0.25) is 0 Å². The van der Waals surface area contributed by atoms with Gasteiger partial charge >= 0.3 is 0 Å². The number of methoxy groups -OCH3 is 1. The summed E-state index contributed by atoms with van der Waals surface area (Å²) in [4.78, 5) is 4.24. The number of nitrogens with zero attached hydrogens (tertiary/aromatic N) is 2. The van der Waals surface area contributed by atoms with Crippen molar-refractivity contribution >= 4 is 5.82 Å². The summed E-state index contributed by atoms with van der Waals surface area (Å²) in [6.07, 6.45) is 2.58. The summed E-state index contributed by atoms with van der Waals surface area (Å²) >= 11 is 0. The van der Waals surface area contributed by atoms with Gasteiger partial charge in [0.05, 0.1) is 18.7 Å². The molecule has 4 nitrogen and oxygen atoms in total. The summed E-state index contributed by atoms with van der Waals surface area (Å²) in [5, 5.41) is 12.4. The normalized spacial score (nSPS) is 11.4. The first-order valence-electron chi connectivity index (χ1n) is 6.54. The van der Waals surface area contributed by atoms with Crippen molar-refractivity contribution in [2.24, 2.45) is 0 Å². The average Bonchev–Trinajstić information content (AvgIpc) is 2.53. The molecule has 0 aliphatic carbocycles. The van der Waals surface area contributed by atoms with Gasteiger partial charge in [0, 0.05) is 6.20 Å². The second-order valence-electron chi connectivity index (χ2n) is 4.39. The van der Waals surface area contributed by atoms with Crippen LogP contribution in [0.3, 0.4) is 0 Å². The van der Waals surface area contributed by atoms with Crippen molar-refractivity contribution in [2.45, 2.75) is 19.4 Å². The Morgan fingerprint density at radius 2 is 2.05 bits per heavy atom. The molecule has 0 bridgehead atoms. The predicted octanol–water partition coefficient (Wildman–Crippen LogP) is 3.53. The highest BCUT2D eigenvalue weighted by Crippen LogP contribution is 2.24. The third-order valence-electron chi connectivity index (χ3n) is 3.17. The standard InChI is InChI=1S/C16H17N3O/c1-3-15(12-6-8-14(20-2)9-7-12)19-16-13(11-17)5-4-10-18-16/h4-10,15H,3H2,1-2H3,(H,18,19)/t15-/m0/s1. The Labute approximate surface area is 119 Å². The Bertz CT molecular complexity index is 602. The SMILES string of the molecule is CC[C@H](Nc1ncccc1C#N)c1ccc(OC)cc1. The van der Waals surface area contributed by atoms with E-state index in [0.29, 0.717) is 11.4 Å². The number of aromatic nitrogens is 1. The maximum Gasteiger partial charge on any atom is 0.144 e. The monoisotopic (exact) mass is 267 g/mol. The lowest BCUT2D eigenvalue weighted by Gasteiger charge is -2.19. The molecule has 20 heavy (non-hydrogen) atoms. The van der Waals surface area contributed by atoms with Crippen molar-refractivity contribution in [3.63, 3.8) is 0 Å². The molecule has 0 aliphatic heterocycles. The van der Waals surface area contributed by atoms with Crippen LogP contribution in [0.15, 0.2) is 42.6 Å². The van der Waals surface area contributed by atoms with Crippen molar-refractivity contribution in [3.8, 4) is 11.8 Å². The van der Waals surface area contributed by atoms with Crippen molar-refractivity contribution in [1.29, 1.82) is 5.26 Å². The highest BCUT2D eigenvalue weighted by molar-refractivity contribution is 5.52. The Morgan fingerprint density at radius 3 is 2.65 bits per heavy atom. The Balaban J connectivity index is 2.22. The van der Waals surface area contributed by atoms with E-state index in [9.17, 15) is 0 Å². The van der Waals surface area contributed by atoms with Crippen LogP contribution < -0.4 is 10.1 Å². The second-order valence-corrected chi connectivity index (χ2v) is 4.39. The van der Waals surface area contributed by atoms with Crippen molar-refractivity contribution in [1.82, 2.24) is 4.98 Å². The molecule has 1 heterocycles. The fraction of sp³-hybridized carbons (Fsp3) is 0.250. The Kier molecular flexibility index (Phi) is 4.56. The van der Waals surface area contributed by atoms with Crippen LogP contribution in [0.5, 0.6) is 5.75 Å². The van der Waals surface area contributed by atoms with E-state index in [2.05, 4.69) is 23.3 Å². The molecule has 1 atom stereocenters. The van der Waals surface area contributed by atoms with Crippen molar-refractivity contribution in [3.05, 3.63) is 53.7 Å². The lowest BCUT2D eigenvalue weighted by atomic mass is 10.0. The van der Waals surface area contributed by atoms with Crippen LogP contribution in [0, 0.1) is 11.3 Å². The van der Waals surface area contributed by atoms with Crippen LogP contribution >= 0.6 is 0 Å². The molecule has 2 rings (SSSR count). The van der Waals surface area contributed by atoms with E-state index in [1.807, 2.05) is 24.3 Å². The topological polar surface area (TPSA) is 57.9 Å². The van der Waals surface area contributed by atoms with E-state index in [0.717, 1.165) is 17.7 Å². The Morgan fingerprint density at radius 1 is 1.30 bits per heavy atom. The maximum atomic E-state index is 9.10. The van der Waals surface area contributed by atoms with Gasteiger partial charge in [0.15, 0.2) is 0 Å². The first kappa shape index (κ1) is 13.9. The molecule has 1 aromatic heterocycles. The van der Waals surface area contributed by atoms with Gasteiger partial charge in [-0.15, -0.1) is 0 Å². The molecule has 0 radical (unpaired) electrons. The zero-order valence-corrected chi connectivity index (χ0v) is 11.6. The molecule has 0 saturated carbocycles. The maximum absolute atomic E-state index is 9.10. The lowest BCUT2D eigenvalue weighted by molar-refractivity contribution is 0.414. The third kappa shape index (κ3) is 3.07. The fourth-order valence-electron chi connectivity index (χ4n) is 2.03. The molecule has 0 aliphatic rings. The fourth-order valence-corrected chi connectivity index (χ4v) is 2.03.